The van der Waals surface area contributed by atoms with E-state index < -0.39 is 0 Å². The van der Waals surface area contributed by atoms with E-state index in [1.54, 1.807) is 6.26 Å². The number of thioether (sulfide) groups is 1. The number of aromatic nitrogens is 3. The molecule has 0 atom stereocenters. The summed E-state index contributed by atoms with van der Waals surface area (Å²) in [6.45, 7) is 2.88. The highest BCUT2D eigenvalue weighted by atomic mass is 32.2. The van der Waals surface area contributed by atoms with Gasteiger partial charge in [0.2, 0.25) is 11.7 Å². The van der Waals surface area contributed by atoms with Crippen molar-refractivity contribution >= 4 is 17.7 Å². The normalized spacial score (nSPS) is 18.8. The zero-order valence-corrected chi connectivity index (χ0v) is 18.2. The van der Waals surface area contributed by atoms with Crippen molar-refractivity contribution in [2.45, 2.75) is 88.4 Å². The lowest BCUT2D eigenvalue weighted by molar-refractivity contribution is -0.131. The van der Waals surface area contributed by atoms with Gasteiger partial charge in [0.15, 0.2) is 10.9 Å². The van der Waals surface area contributed by atoms with Crippen molar-refractivity contribution in [1.29, 1.82) is 0 Å². The first kappa shape index (κ1) is 20.5. The van der Waals surface area contributed by atoms with Gasteiger partial charge in [0.05, 0.1) is 12.0 Å². The Bertz CT molecular complexity index is 777. The van der Waals surface area contributed by atoms with E-state index in [9.17, 15) is 4.79 Å². The SMILES string of the molecule is CCN(C(=O)CSc1nnc(-c2ccco2)n1C1CCCCC1)C1CCCCC1. The largest absolute Gasteiger partial charge is 0.461 e. The molecule has 2 aromatic heterocycles. The van der Waals surface area contributed by atoms with Crippen LogP contribution in [0.15, 0.2) is 28.0 Å². The van der Waals surface area contributed by atoms with Crippen molar-refractivity contribution in [1.82, 2.24) is 19.7 Å². The molecule has 4 rings (SSSR count). The minimum atomic E-state index is 0.224. The van der Waals surface area contributed by atoms with E-state index in [4.69, 9.17) is 4.42 Å². The fourth-order valence-corrected chi connectivity index (χ4v) is 5.75. The van der Waals surface area contributed by atoms with Crippen molar-refractivity contribution in [3.8, 4) is 11.6 Å². The van der Waals surface area contributed by atoms with E-state index in [0.29, 0.717) is 17.8 Å². The van der Waals surface area contributed by atoms with Gasteiger partial charge in [-0.2, -0.15) is 0 Å². The average molecular weight is 417 g/mol. The summed E-state index contributed by atoms with van der Waals surface area (Å²) in [6, 6.07) is 4.62. The number of hydrogen-bond acceptors (Lipinski definition) is 5. The lowest BCUT2D eigenvalue weighted by Crippen LogP contribution is -2.42. The number of hydrogen-bond donors (Lipinski definition) is 0. The van der Waals surface area contributed by atoms with Gasteiger partial charge in [-0.15, -0.1) is 10.2 Å². The lowest BCUT2D eigenvalue weighted by atomic mass is 9.94. The maximum atomic E-state index is 13.0. The van der Waals surface area contributed by atoms with Gasteiger partial charge in [-0.25, -0.2) is 0 Å². The summed E-state index contributed by atoms with van der Waals surface area (Å²) in [6.07, 6.45) is 13.8. The molecule has 2 heterocycles. The Kier molecular flexibility index (Phi) is 6.95. The Labute approximate surface area is 177 Å². The molecule has 2 fully saturated rings. The van der Waals surface area contributed by atoms with Crippen LogP contribution in [0.25, 0.3) is 11.6 Å². The minimum Gasteiger partial charge on any atom is -0.461 e. The topological polar surface area (TPSA) is 64.2 Å². The summed E-state index contributed by atoms with van der Waals surface area (Å²) in [7, 11) is 0. The first-order valence-corrected chi connectivity index (χ1v) is 12.2. The first-order valence-electron chi connectivity index (χ1n) is 11.2. The predicted octanol–water partition coefficient (Wildman–Crippen LogP) is 5.32. The van der Waals surface area contributed by atoms with Crippen LogP contribution < -0.4 is 0 Å². The first-order chi connectivity index (χ1) is 14.3. The second-order valence-electron chi connectivity index (χ2n) is 8.21. The molecule has 0 unspecified atom stereocenters. The zero-order chi connectivity index (χ0) is 20.1. The molecule has 7 heteroatoms. The molecule has 0 aliphatic heterocycles. The molecule has 158 valence electrons. The number of amides is 1. The van der Waals surface area contributed by atoms with Crippen LogP contribution in [0.1, 0.15) is 77.2 Å². The van der Waals surface area contributed by atoms with Crippen LogP contribution in [0.2, 0.25) is 0 Å². The molecule has 0 radical (unpaired) electrons. The van der Waals surface area contributed by atoms with Gasteiger partial charge in [0.1, 0.15) is 0 Å². The third-order valence-electron chi connectivity index (χ3n) is 6.35. The molecular formula is C22H32N4O2S. The number of furan rings is 1. The van der Waals surface area contributed by atoms with E-state index in [0.717, 1.165) is 49.0 Å². The van der Waals surface area contributed by atoms with Gasteiger partial charge in [0.25, 0.3) is 0 Å². The van der Waals surface area contributed by atoms with Crippen molar-refractivity contribution in [3.63, 3.8) is 0 Å². The van der Waals surface area contributed by atoms with E-state index in [2.05, 4.69) is 26.6 Å². The van der Waals surface area contributed by atoms with Crippen molar-refractivity contribution < 1.29 is 9.21 Å². The van der Waals surface area contributed by atoms with Crippen LogP contribution in [-0.2, 0) is 4.79 Å². The molecular weight excluding hydrogens is 384 g/mol. The quantitative estimate of drug-likeness (QED) is 0.572. The number of carbonyl (C=O) groups is 1. The highest BCUT2D eigenvalue weighted by molar-refractivity contribution is 7.99. The summed E-state index contributed by atoms with van der Waals surface area (Å²) in [5.41, 5.74) is 0. The molecule has 2 saturated carbocycles. The third-order valence-corrected chi connectivity index (χ3v) is 7.28. The maximum absolute atomic E-state index is 13.0. The number of rotatable bonds is 7. The van der Waals surface area contributed by atoms with Gasteiger partial charge < -0.3 is 9.32 Å². The molecule has 1 amide bonds. The van der Waals surface area contributed by atoms with E-state index in [1.165, 1.54) is 50.3 Å². The van der Waals surface area contributed by atoms with Gasteiger partial charge in [0, 0.05) is 18.6 Å². The Balaban J connectivity index is 1.49. The fraction of sp³-hybridized carbons (Fsp3) is 0.682. The van der Waals surface area contributed by atoms with Crippen LogP contribution >= 0.6 is 11.8 Å². The predicted molar refractivity (Wildman–Crippen MR) is 115 cm³/mol. The molecule has 6 nitrogen and oxygen atoms in total. The van der Waals surface area contributed by atoms with Crippen molar-refractivity contribution in [2.75, 3.05) is 12.3 Å². The standard InChI is InChI=1S/C22H32N4O2S/c1-2-25(17-10-5-3-6-11-17)20(27)16-29-22-24-23-21(19-14-9-15-28-19)26(22)18-12-7-4-8-13-18/h9,14-15,17-18H,2-8,10-13,16H2,1H3. The Morgan fingerprint density at radius 1 is 1.14 bits per heavy atom. The third kappa shape index (κ3) is 4.71. The second kappa shape index (κ2) is 9.83. The Morgan fingerprint density at radius 3 is 2.52 bits per heavy atom. The maximum Gasteiger partial charge on any atom is 0.233 e. The van der Waals surface area contributed by atoms with Gasteiger partial charge in [-0.1, -0.05) is 50.3 Å². The molecule has 0 bridgehead atoms. The molecule has 0 aromatic carbocycles. The van der Waals surface area contributed by atoms with Gasteiger partial charge in [-0.05, 0) is 44.7 Å². The van der Waals surface area contributed by atoms with E-state index in [-0.39, 0.29) is 5.91 Å². The molecule has 2 aromatic rings. The highest BCUT2D eigenvalue weighted by Crippen LogP contribution is 2.36. The van der Waals surface area contributed by atoms with Crippen LogP contribution in [0.3, 0.4) is 0 Å². The molecule has 0 N–H and O–H groups in total. The van der Waals surface area contributed by atoms with Crippen LogP contribution in [0.5, 0.6) is 0 Å². The average Bonchev–Trinajstić information content (AvgIpc) is 3.44. The van der Waals surface area contributed by atoms with Crippen molar-refractivity contribution in [2.24, 2.45) is 0 Å². The number of nitrogens with zero attached hydrogens (tertiary/aromatic N) is 4. The highest BCUT2D eigenvalue weighted by Gasteiger charge is 2.27. The Morgan fingerprint density at radius 2 is 1.86 bits per heavy atom. The minimum absolute atomic E-state index is 0.224. The van der Waals surface area contributed by atoms with Crippen LogP contribution in [-0.4, -0.2) is 43.9 Å². The summed E-state index contributed by atoms with van der Waals surface area (Å²) in [4.78, 5) is 15.1. The number of carbonyl (C=O) groups excluding carboxylic acids is 1. The Hall–Kier alpha value is -1.76. The van der Waals surface area contributed by atoms with Crippen molar-refractivity contribution in [3.05, 3.63) is 18.4 Å². The molecule has 2 aliphatic rings. The molecule has 0 spiro atoms. The second-order valence-corrected chi connectivity index (χ2v) is 9.15. The lowest BCUT2D eigenvalue weighted by Gasteiger charge is -2.33. The summed E-state index contributed by atoms with van der Waals surface area (Å²) < 4.78 is 7.85. The molecule has 29 heavy (non-hydrogen) atoms. The summed E-state index contributed by atoms with van der Waals surface area (Å²) in [5, 5.41) is 9.75. The van der Waals surface area contributed by atoms with Gasteiger partial charge in [-0.3, -0.25) is 9.36 Å². The van der Waals surface area contributed by atoms with E-state index >= 15 is 0 Å². The fourth-order valence-electron chi connectivity index (χ4n) is 4.86. The summed E-state index contributed by atoms with van der Waals surface area (Å²) in [5.74, 6) is 2.19. The monoisotopic (exact) mass is 416 g/mol. The summed E-state index contributed by atoms with van der Waals surface area (Å²) >= 11 is 1.53. The molecule has 2 aliphatic carbocycles. The van der Waals surface area contributed by atoms with Gasteiger partial charge >= 0.3 is 0 Å². The van der Waals surface area contributed by atoms with Crippen LogP contribution in [0.4, 0.5) is 0 Å². The zero-order valence-electron chi connectivity index (χ0n) is 17.4. The smallest absolute Gasteiger partial charge is 0.233 e. The van der Waals surface area contributed by atoms with E-state index in [1.807, 2.05) is 12.1 Å². The molecule has 0 saturated heterocycles. The van der Waals surface area contributed by atoms with Crippen LogP contribution in [0, 0.1) is 0 Å².